The minimum absolute atomic E-state index is 0. The topological polar surface area (TPSA) is 44.4 Å². The number of hydrogen-bond donors (Lipinski definition) is 2. The summed E-state index contributed by atoms with van der Waals surface area (Å²) in [7, 11) is 0. The van der Waals surface area contributed by atoms with Crippen LogP contribution in [0.5, 0.6) is 0 Å². The Bertz CT molecular complexity index is 425. The zero-order chi connectivity index (χ0) is 13.0. The van der Waals surface area contributed by atoms with Crippen LogP contribution in [0.3, 0.4) is 0 Å². The van der Waals surface area contributed by atoms with E-state index in [1.807, 2.05) is 25.1 Å². The Labute approximate surface area is 137 Å². The summed E-state index contributed by atoms with van der Waals surface area (Å²) in [6, 6.07) is 7.15. The lowest BCUT2D eigenvalue weighted by atomic mass is 10.2. The standard InChI is InChI=1S/C13H18ClN3O.2ClH/c1-10(17-8-6-15-7-9-17)13(18)16-12-5-3-2-4-11(12)14;;/h2-5,10,15H,6-9H2,1H3,(H,16,18);2*1H. The van der Waals surface area contributed by atoms with Gasteiger partial charge in [-0.05, 0) is 19.1 Å². The van der Waals surface area contributed by atoms with Gasteiger partial charge in [-0.2, -0.15) is 0 Å². The minimum atomic E-state index is -0.136. The fourth-order valence-corrected chi connectivity index (χ4v) is 2.22. The van der Waals surface area contributed by atoms with Crippen LogP contribution < -0.4 is 10.6 Å². The number of carbonyl (C=O) groups is 1. The fourth-order valence-electron chi connectivity index (χ4n) is 2.04. The lowest BCUT2D eigenvalue weighted by Crippen LogP contribution is -2.51. The van der Waals surface area contributed by atoms with Crippen LogP contribution in [0.1, 0.15) is 6.92 Å². The fraction of sp³-hybridized carbons (Fsp3) is 0.462. The number of amides is 1. The van der Waals surface area contributed by atoms with Crippen molar-refractivity contribution >= 4 is 48.0 Å². The largest absolute Gasteiger partial charge is 0.323 e. The molecule has 1 aromatic rings. The molecule has 7 heteroatoms. The van der Waals surface area contributed by atoms with Crippen LogP contribution in [0.25, 0.3) is 0 Å². The molecule has 1 atom stereocenters. The highest BCUT2D eigenvalue weighted by Gasteiger charge is 2.22. The Morgan fingerprint density at radius 2 is 1.90 bits per heavy atom. The SMILES string of the molecule is CC(C(=O)Nc1ccccc1Cl)N1CCNCC1.Cl.Cl. The molecule has 2 rings (SSSR count). The summed E-state index contributed by atoms with van der Waals surface area (Å²) in [6.45, 7) is 5.60. The quantitative estimate of drug-likeness (QED) is 0.888. The van der Waals surface area contributed by atoms with Crippen LogP contribution in [0.4, 0.5) is 5.69 Å². The predicted octanol–water partition coefficient (Wildman–Crippen LogP) is 2.42. The molecule has 1 aromatic carbocycles. The normalized spacial score (nSPS) is 16.5. The van der Waals surface area contributed by atoms with Crippen LogP contribution in [-0.4, -0.2) is 43.0 Å². The number of nitrogens with zero attached hydrogens (tertiary/aromatic N) is 1. The highest BCUT2D eigenvalue weighted by Crippen LogP contribution is 2.20. The van der Waals surface area contributed by atoms with Gasteiger partial charge in [0.15, 0.2) is 0 Å². The first kappa shape index (κ1) is 19.5. The molecule has 1 heterocycles. The molecular weight excluding hydrogens is 321 g/mol. The number of para-hydroxylation sites is 1. The van der Waals surface area contributed by atoms with E-state index in [1.165, 1.54) is 0 Å². The first-order valence-electron chi connectivity index (χ1n) is 6.18. The van der Waals surface area contributed by atoms with E-state index in [4.69, 9.17) is 11.6 Å². The molecule has 1 amide bonds. The van der Waals surface area contributed by atoms with Crippen molar-refractivity contribution < 1.29 is 4.79 Å². The predicted molar refractivity (Wildman–Crippen MR) is 88.5 cm³/mol. The summed E-state index contributed by atoms with van der Waals surface area (Å²) in [5, 5.41) is 6.72. The smallest absolute Gasteiger partial charge is 0.241 e. The van der Waals surface area contributed by atoms with Crippen molar-refractivity contribution in [1.29, 1.82) is 0 Å². The van der Waals surface area contributed by atoms with Crippen LogP contribution in [0, 0.1) is 0 Å². The summed E-state index contributed by atoms with van der Waals surface area (Å²) in [5.74, 6) is -0.00926. The van der Waals surface area contributed by atoms with E-state index in [9.17, 15) is 4.79 Å². The second-order valence-electron chi connectivity index (χ2n) is 4.43. The van der Waals surface area contributed by atoms with E-state index in [-0.39, 0.29) is 36.8 Å². The van der Waals surface area contributed by atoms with Gasteiger partial charge in [-0.1, -0.05) is 23.7 Å². The Morgan fingerprint density at radius 3 is 2.50 bits per heavy atom. The first-order chi connectivity index (χ1) is 8.68. The molecule has 1 fully saturated rings. The molecule has 1 unspecified atom stereocenters. The number of benzene rings is 1. The number of hydrogen-bond acceptors (Lipinski definition) is 3. The lowest BCUT2D eigenvalue weighted by molar-refractivity contribution is -0.120. The number of rotatable bonds is 3. The van der Waals surface area contributed by atoms with Crippen LogP contribution >= 0.6 is 36.4 Å². The van der Waals surface area contributed by atoms with Gasteiger partial charge in [-0.25, -0.2) is 0 Å². The average Bonchev–Trinajstić information content (AvgIpc) is 2.41. The highest BCUT2D eigenvalue weighted by molar-refractivity contribution is 6.33. The maximum Gasteiger partial charge on any atom is 0.241 e. The zero-order valence-corrected chi connectivity index (χ0v) is 13.7. The monoisotopic (exact) mass is 339 g/mol. The van der Waals surface area contributed by atoms with E-state index in [1.54, 1.807) is 6.07 Å². The molecule has 2 N–H and O–H groups in total. The van der Waals surface area contributed by atoms with E-state index in [0.29, 0.717) is 10.7 Å². The van der Waals surface area contributed by atoms with Crippen LogP contribution in [-0.2, 0) is 4.79 Å². The Hall–Kier alpha value is -0.520. The molecule has 1 saturated heterocycles. The second-order valence-corrected chi connectivity index (χ2v) is 4.84. The highest BCUT2D eigenvalue weighted by atomic mass is 35.5. The van der Waals surface area contributed by atoms with Gasteiger partial charge < -0.3 is 10.6 Å². The molecule has 20 heavy (non-hydrogen) atoms. The van der Waals surface area contributed by atoms with E-state index in [0.717, 1.165) is 26.2 Å². The van der Waals surface area contributed by atoms with Gasteiger partial charge in [0.2, 0.25) is 5.91 Å². The molecule has 0 spiro atoms. The van der Waals surface area contributed by atoms with Gasteiger partial charge in [0, 0.05) is 26.2 Å². The van der Waals surface area contributed by atoms with Crippen molar-refractivity contribution in [2.75, 3.05) is 31.5 Å². The maximum absolute atomic E-state index is 12.1. The molecule has 0 radical (unpaired) electrons. The second kappa shape index (κ2) is 9.42. The third kappa shape index (κ3) is 5.11. The van der Waals surface area contributed by atoms with Crippen molar-refractivity contribution in [2.45, 2.75) is 13.0 Å². The van der Waals surface area contributed by atoms with Gasteiger partial charge >= 0.3 is 0 Å². The number of carbonyl (C=O) groups excluding carboxylic acids is 1. The van der Waals surface area contributed by atoms with E-state index in [2.05, 4.69) is 15.5 Å². The van der Waals surface area contributed by atoms with Crippen LogP contribution in [0.15, 0.2) is 24.3 Å². The van der Waals surface area contributed by atoms with E-state index < -0.39 is 0 Å². The number of anilines is 1. The molecule has 1 aliphatic heterocycles. The van der Waals surface area contributed by atoms with Gasteiger partial charge in [0.1, 0.15) is 0 Å². The summed E-state index contributed by atoms with van der Waals surface area (Å²) < 4.78 is 0. The number of halogens is 3. The summed E-state index contributed by atoms with van der Waals surface area (Å²) >= 11 is 6.02. The van der Waals surface area contributed by atoms with Crippen LogP contribution in [0.2, 0.25) is 5.02 Å². The Morgan fingerprint density at radius 1 is 1.30 bits per heavy atom. The molecule has 0 saturated carbocycles. The average molecular weight is 341 g/mol. The molecular formula is C13H20Cl3N3O. The van der Waals surface area contributed by atoms with Gasteiger partial charge in [-0.3, -0.25) is 9.69 Å². The van der Waals surface area contributed by atoms with Gasteiger partial charge in [-0.15, -0.1) is 24.8 Å². The Balaban J connectivity index is 0.00000180. The lowest BCUT2D eigenvalue weighted by Gasteiger charge is -2.31. The van der Waals surface area contributed by atoms with E-state index >= 15 is 0 Å². The summed E-state index contributed by atoms with van der Waals surface area (Å²) in [6.07, 6.45) is 0. The molecule has 0 aliphatic carbocycles. The minimum Gasteiger partial charge on any atom is -0.323 e. The first-order valence-corrected chi connectivity index (χ1v) is 6.56. The van der Waals surface area contributed by atoms with Crippen molar-refractivity contribution in [3.8, 4) is 0 Å². The molecule has 114 valence electrons. The molecule has 0 bridgehead atoms. The van der Waals surface area contributed by atoms with Crippen molar-refractivity contribution in [3.63, 3.8) is 0 Å². The van der Waals surface area contributed by atoms with Gasteiger partial charge in [0.25, 0.3) is 0 Å². The van der Waals surface area contributed by atoms with Gasteiger partial charge in [0.05, 0.1) is 16.8 Å². The van der Waals surface area contributed by atoms with Crippen molar-refractivity contribution in [1.82, 2.24) is 10.2 Å². The number of nitrogens with one attached hydrogen (secondary N) is 2. The van der Waals surface area contributed by atoms with Crippen molar-refractivity contribution in [2.24, 2.45) is 0 Å². The zero-order valence-electron chi connectivity index (χ0n) is 11.3. The third-order valence-electron chi connectivity index (χ3n) is 3.21. The van der Waals surface area contributed by atoms with Crippen molar-refractivity contribution in [3.05, 3.63) is 29.3 Å². The Kier molecular flexibility index (Phi) is 9.18. The molecule has 4 nitrogen and oxygen atoms in total. The third-order valence-corrected chi connectivity index (χ3v) is 3.54. The molecule has 0 aromatic heterocycles. The maximum atomic E-state index is 12.1. The number of piperazine rings is 1. The summed E-state index contributed by atoms with van der Waals surface area (Å²) in [4.78, 5) is 14.3. The summed E-state index contributed by atoms with van der Waals surface area (Å²) in [5.41, 5.74) is 0.672. The molecule has 1 aliphatic rings.